The summed E-state index contributed by atoms with van der Waals surface area (Å²) in [6.45, 7) is 6.16. The smallest absolute Gasteiger partial charge is 0.267 e. The highest BCUT2D eigenvalue weighted by atomic mass is 32.2. The third kappa shape index (κ3) is 4.57. The number of amides is 1. The van der Waals surface area contributed by atoms with Gasteiger partial charge in [-0.2, -0.15) is 4.31 Å². The number of rotatable bonds is 7. The van der Waals surface area contributed by atoms with Crippen LogP contribution in [0.4, 0.5) is 0 Å². The number of morpholine rings is 1. The van der Waals surface area contributed by atoms with E-state index in [0.29, 0.717) is 51.1 Å². The van der Waals surface area contributed by atoms with E-state index in [0.717, 1.165) is 39.0 Å². The van der Waals surface area contributed by atoms with Crippen molar-refractivity contribution in [1.82, 2.24) is 19.1 Å². The molecule has 168 valence electrons. The molecule has 1 N–H and O–H groups in total. The number of hydrogen-bond donors (Lipinski definition) is 1. The van der Waals surface area contributed by atoms with Crippen LogP contribution >= 0.6 is 0 Å². The molecule has 30 heavy (non-hydrogen) atoms. The summed E-state index contributed by atoms with van der Waals surface area (Å²) in [5.74, 6) is 0.125. The van der Waals surface area contributed by atoms with E-state index in [2.05, 4.69) is 10.2 Å². The maximum atomic E-state index is 12.9. The van der Waals surface area contributed by atoms with Crippen LogP contribution in [0.5, 0.6) is 0 Å². The standard InChI is InChI=1S/C20H32N4O5S/c1-22-14-17(30(26,27)24-5-2-3-6-24)12-18(22)20(25)21-13-19(16-4-9-29-15-16)23-7-10-28-11-8-23/h12,14,16,19H,2-11,13,15H2,1H3,(H,21,25). The summed E-state index contributed by atoms with van der Waals surface area (Å²) < 4.78 is 39.8. The molecule has 3 aliphatic heterocycles. The Balaban J connectivity index is 1.44. The topological polar surface area (TPSA) is 93.1 Å². The zero-order valence-electron chi connectivity index (χ0n) is 17.6. The average Bonchev–Trinajstić information content (AvgIpc) is 3.51. The first-order valence-corrected chi connectivity index (χ1v) is 12.2. The summed E-state index contributed by atoms with van der Waals surface area (Å²) in [5, 5.41) is 3.04. The molecular weight excluding hydrogens is 408 g/mol. The lowest BCUT2D eigenvalue weighted by atomic mass is 9.97. The Hall–Kier alpha value is -1.46. The van der Waals surface area contributed by atoms with Gasteiger partial charge in [-0.15, -0.1) is 0 Å². The number of aryl methyl sites for hydroxylation is 1. The van der Waals surface area contributed by atoms with Crippen LogP contribution < -0.4 is 5.32 Å². The Morgan fingerprint density at radius 3 is 2.57 bits per heavy atom. The van der Waals surface area contributed by atoms with Crippen molar-refractivity contribution >= 4 is 15.9 Å². The van der Waals surface area contributed by atoms with Crippen molar-refractivity contribution < 1.29 is 22.7 Å². The van der Waals surface area contributed by atoms with Gasteiger partial charge in [0.1, 0.15) is 10.6 Å². The van der Waals surface area contributed by atoms with Crippen molar-refractivity contribution in [2.45, 2.75) is 30.2 Å². The van der Waals surface area contributed by atoms with E-state index >= 15 is 0 Å². The molecule has 1 aromatic heterocycles. The number of nitrogens with zero attached hydrogens (tertiary/aromatic N) is 3. The summed E-state index contributed by atoms with van der Waals surface area (Å²) in [4.78, 5) is 15.5. The monoisotopic (exact) mass is 440 g/mol. The number of sulfonamides is 1. The van der Waals surface area contributed by atoms with Gasteiger partial charge in [0, 0.05) is 64.5 Å². The molecule has 0 spiro atoms. The quantitative estimate of drug-likeness (QED) is 0.655. The lowest BCUT2D eigenvalue weighted by Gasteiger charge is -2.37. The number of nitrogens with one attached hydrogen (secondary N) is 1. The van der Waals surface area contributed by atoms with Crippen molar-refractivity contribution in [3.8, 4) is 0 Å². The molecule has 4 heterocycles. The van der Waals surface area contributed by atoms with Crippen molar-refractivity contribution in [2.75, 3.05) is 59.2 Å². The number of hydrogen-bond acceptors (Lipinski definition) is 6. The van der Waals surface area contributed by atoms with Crippen molar-refractivity contribution in [3.63, 3.8) is 0 Å². The Bertz CT molecular complexity index is 837. The van der Waals surface area contributed by atoms with Crippen molar-refractivity contribution in [1.29, 1.82) is 0 Å². The van der Waals surface area contributed by atoms with Crippen LogP contribution in [0.3, 0.4) is 0 Å². The van der Waals surface area contributed by atoms with Gasteiger partial charge in [-0.05, 0) is 25.3 Å². The molecule has 3 fully saturated rings. The number of ether oxygens (including phenoxy) is 2. The van der Waals surface area contributed by atoms with Crippen LogP contribution in [0.15, 0.2) is 17.2 Å². The maximum Gasteiger partial charge on any atom is 0.267 e. The van der Waals surface area contributed by atoms with E-state index in [1.54, 1.807) is 11.6 Å². The lowest BCUT2D eigenvalue weighted by molar-refractivity contribution is 0.00164. The Kier molecular flexibility index (Phi) is 6.78. The predicted molar refractivity (Wildman–Crippen MR) is 111 cm³/mol. The minimum atomic E-state index is -3.54. The zero-order chi connectivity index (χ0) is 21.1. The van der Waals surface area contributed by atoms with Gasteiger partial charge in [-0.25, -0.2) is 8.42 Å². The van der Waals surface area contributed by atoms with Gasteiger partial charge in [-0.3, -0.25) is 9.69 Å². The summed E-state index contributed by atoms with van der Waals surface area (Å²) >= 11 is 0. The van der Waals surface area contributed by atoms with Gasteiger partial charge < -0.3 is 19.4 Å². The van der Waals surface area contributed by atoms with Gasteiger partial charge in [0.15, 0.2) is 0 Å². The van der Waals surface area contributed by atoms with Crippen LogP contribution in [0.25, 0.3) is 0 Å². The molecular formula is C20H32N4O5S. The molecule has 1 amide bonds. The fraction of sp³-hybridized carbons (Fsp3) is 0.750. The number of carbonyl (C=O) groups excluding carboxylic acids is 1. The second-order valence-electron chi connectivity index (χ2n) is 8.33. The van der Waals surface area contributed by atoms with Gasteiger partial charge in [0.25, 0.3) is 5.91 Å². The third-order valence-electron chi connectivity index (χ3n) is 6.41. The number of aromatic nitrogens is 1. The second kappa shape index (κ2) is 9.35. The molecule has 9 nitrogen and oxygen atoms in total. The first kappa shape index (κ1) is 21.8. The van der Waals surface area contributed by atoms with Gasteiger partial charge >= 0.3 is 0 Å². The third-order valence-corrected chi connectivity index (χ3v) is 8.27. The molecule has 2 unspecified atom stereocenters. The van der Waals surface area contributed by atoms with Crippen LogP contribution in [0.1, 0.15) is 29.8 Å². The molecule has 0 bridgehead atoms. The fourth-order valence-corrected chi connectivity index (χ4v) is 6.21. The number of carbonyl (C=O) groups is 1. The molecule has 10 heteroatoms. The first-order valence-electron chi connectivity index (χ1n) is 10.8. The molecule has 0 saturated carbocycles. The molecule has 2 atom stereocenters. The molecule has 3 saturated heterocycles. The van der Waals surface area contributed by atoms with Gasteiger partial charge in [0.05, 0.1) is 19.8 Å². The SMILES string of the molecule is Cn1cc(S(=O)(=O)N2CCCC2)cc1C(=O)NCC(C1CCOC1)N1CCOCC1. The second-order valence-corrected chi connectivity index (χ2v) is 10.3. The Morgan fingerprint density at radius 2 is 1.90 bits per heavy atom. The zero-order valence-corrected chi connectivity index (χ0v) is 18.4. The molecule has 0 radical (unpaired) electrons. The average molecular weight is 441 g/mol. The molecule has 1 aromatic rings. The highest BCUT2D eigenvalue weighted by Crippen LogP contribution is 2.24. The maximum absolute atomic E-state index is 12.9. The van der Waals surface area contributed by atoms with Crippen molar-refractivity contribution in [3.05, 3.63) is 18.0 Å². The molecule has 3 aliphatic rings. The Morgan fingerprint density at radius 1 is 1.17 bits per heavy atom. The Labute approximate surface area is 178 Å². The van der Waals surface area contributed by atoms with Crippen LogP contribution in [-0.2, 0) is 26.5 Å². The van der Waals surface area contributed by atoms with E-state index in [-0.39, 0.29) is 16.8 Å². The van der Waals surface area contributed by atoms with Crippen LogP contribution in [0, 0.1) is 5.92 Å². The van der Waals surface area contributed by atoms with Crippen molar-refractivity contribution in [2.24, 2.45) is 13.0 Å². The van der Waals surface area contributed by atoms with E-state index in [1.807, 2.05) is 0 Å². The van der Waals surface area contributed by atoms with Crippen LogP contribution in [0.2, 0.25) is 0 Å². The highest BCUT2D eigenvalue weighted by molar-refractivity contribution is 7.89. The normalized spacial score (nSPS) is 24.9. The van der Waals surface area contributed by atoms with Gasteiger partial charge in [0.2, 0.25) is 10.0 Å². The summed E-state index contributed by atoms with van der Waals surface area (Å²) in [5.41, 5.74) is 0.358. The predicted octanol–water partition coefficient (Wildman–Crippen LogP) is 0.277. The first-order chi connectivity index (χ1) is 14.5. The fourth-order valence-electron chi connectivity index (χ4n) is 4.63. The summed E-state index contributed by atoms with van der Waals surface area (Å²) in [6.07, 6.45) is 4.29. The minimum absolute atomic E-state index is 0.186. The molecule has 0 aromatic carbocycles. The minimum Gasteiger partial charge on any atom is -0.381 e. The largest absolute Gasteiger partial charge is 0.381 e. The van der Waals surface area contributed by atoms with Gasteiger partial charge in [-0.1, -0.05) is 0 Å². The van der Waals surface area contributed by atoms with E-state index in [1.165, 1.54) is 16.6 Å². The highest BCUT2D eigenvalue weighted by Gasteiger charge is 2.33. The molecule has 4 rings (SSSR count). The molecule has 0 aliphatic carbocycles. The summed E-state index contributed by atoms with van der Waals surface area (Å²) in [7, 11) is -1.83. The van der Waals surface area contributed by atoms with Crippen LogP contribution in [-0.4, -0.2) is 93.3 Å². The lowest BCUT2D eigenvalue weighted by Crippen LogP contribution is -2.52. The van der Waals surface area contributed by atoms with E-state index in [4.69, 9.17) is 9.47 Å². The van der Waals surface area contributed by atoms with E-state index < -0.39 is 10.0 Å². The van der Waals surface area contributed by atoms with E-state index in [9.17, 15) is 13.2 Å². The summed E-state index contributed by atoms with van der Waals surface area (Å²) in [6, 6.07) is 1.68.